The number of carbonyl (C=O) groups excluding carboxylic acids is 2. The number of benzene rings is 1. The summed E-state index contributed by atoms with van der Waals surface area (Å²) >= 11 is 0. The largest absolute Gasteiger partial charge is 0.465 e. The van der Waals surface area contributed by atoms with Gasteiger partial charge in [-0.25, -0.2) is 0 Å². The van der Waals surface area contributed by atoms with E-state index in [4.69, 9.17) is 4.74 Å². The van der Waals surface area contributed by atoms with Crippen molar-refractivity contribution in [3.05, 3.63) is 44.0 Å². The second-order valence-corrected chi connectivity index (χ2v) is 5.12. The molecule has 0 N–H and O–H groups in total. The van der Waals surface area contributed by atoms with Gasteiger partial charge in [-0.2, -0.15) is 0 Å². The van der Waals surface area contributed by atoms with Crippen molar-refractivity contribution in [2.75, 3.05) is 6.61 Å². The molecule has 2 rings (SSSR count). The SMILES string of the molecule is CCOC(=O)[C@]1(c2ccc([N+](=O)[O-])cc2[N+](=O)[O-])CCCC1=O. The van der Waals surface area contributed by atoms with Crippen LogP contribution >= 0.6 is 0 Å². The van der Waals surface area contributed by atoms with Crippen molar-refractivity contribution >= 4 is 23.1 Å². The van der Waals surface area contributed by atoms with Gasteiger partial charge in [-0.3, -0.25) is 29.8 Å². The number of Topliss-reactive ketones (excluding diaryl/α,β-unsaturated/α-hetero) is 1. The van der Waals surface area contributed by atoms with Crippen LogP contribution in [0.5, 0.6) is 0 Å². The smallest absolute Gasteiger partial charge is 0.324 e. The van der Waals surface area contributed by atoms with Gasteiger partial charge in [0, 0.05) is 12.5 Å². The number of non-ortho nitro benzene ring substituents is 1. The lowest BCUT2D eigenvalue weighted by Gasteiger charge is -2.25. The Morgan fingerprint density at radius 3 is 2.48 bits per heavy atom. The lowest BCUT2D eigenvalue weighted by molar-refractivity contribution is -0.394. The van der Waals surface area contributed by atoms with E-state index in [1.807, 2.05) is 0 Å². The first-order valence-electron chi connectivity index (χ1n) is 6.98. The Morgan fingerprint density at radius 1 is 1.30 bits per heavy atom. The molecule has 1 aromatic carbocycles. The van der Waals surface area contributed by atoms with E-state index in [-0.39, 0.29) is 25.0 Å². The molecule has 0 heterocycles. The first-order valence-corrected chi connectivity index (χ1v) is 6.98. The van der Waals surface area contributed by atoms with Crippen molar-refractivity contribution in [1.82, 2.24) is 0 Å². The number of ether oxygens (including phenoxy) is 1. The first kappa shape index (κ1) is 16.5. The molecule has 0 amide bonds. The Balaban J connectivity index is 2.69. The van der Waals surface area contributed by atoms with Crippen molar-refractivity contribution in [1.29, 1.82) is 0 Å². The standard InChI is InChI=1S/C14H14N2O7/c1-2-23-13(18)14(7-3-4-12(14)17)10-6-5-9(15(19)20)8-11(10)16(21)22/h5-6,8H,2-4,7H2,1H3/t14-/m0/s1. The third-order valence-electron chi connectivity index (χ3n) is 3.90. The molecule has 0 unspecified atom stereocenters. The van der Waals surface area contributed by atoms with Crippen molar-refractivity contribution in [2.24, 2.45) is 0 Å². The van der Waals surface area contributed by atoms with E-state index in [1.54, 1.807) is 6.92 Å². The molecule has 0 bridgehead atoms. The van der Waals surface area contributed by atoms with E-state index >= 15 is 0 Å². The highest BCUT2D eigenvalue weighted by atomic mass is 16.6. The molecule has 0 aromatic heterocycles. The summed E-state index contributed by atoms with van der Waals surface area (Å²) in [5.74, 6) is -1.31. The van der Waals surface area contributed by atoms with Crippen LogP contribution in [0.25, 0.3) is 0 Å². The monoisotopic (exact) mass is 322 g/mol. The third-order valence-corrected chi connectivity index (χ3v) is 3.90. The molecule has 23 heavy (non-hydrogen) atoms. The van der Waals surface area contributed by atoms with Crippen LogP contribution in [0.3, 0.4) is 0 Å². The summed E-state index contributed by atoms with van der Waals surface area (Å²) in [5.41, 5.74) is -3.01. The van der Waals surface area contributed by atoms with E-state index in [1.165, 1.54) is 0 Å². The number of nitrogens with zero attached hydrogens (tertiary/aromatic N) is 2. The van der Waals surface area contributed by atoms with Gasteiger partial charge in [-0.05, 0) is 25.8 Å². The maximum atomic E-state index is 12.4. The highest BCUT2D eigenvalue weighted by Crippen LogP contribution is 2.44. The Labute approximate surface area is 130 Å². The van der Waals surface area contributed by atoms with Crippen LogP contribution in [0.2, 0.25) is 0 Å². The van der Waals surface area contributed by atoms with Crippen molar-refractivity contribution in [3.8, 4) is 0 Å². The molecule has 1 saturated carbocycles. The molecule has 9 nitrogen and oxygen atoms in total. The van der Waals surface area contributed by atoms with Crippen LogP contribution in [0.1, 0.15) is 31.7 Å². The lowest BCUT2D eigenvalue weighted by Crippen LogP contribution is -2.41. The van der Waals surface area contributed by atoms with Crippen molar-refractivity contribution < 1.29 is 24.2 Å². The number of ketones is 1. The topological polar surface area (TPSA) is 130 Å². The molecule has 0 aliphatic heterocycles. The molecule has 0 spiro atoms. The van der Waals surface area contributed by atoms with Gasteiger partial charge >= 0.3 is 5.97 Å². The zero-order chi connectivity index (χ0) is 17.2. The fourth-order valence-electron chi connectivity index (χ4n) is 2.88. The van der Waals surface area contributed by atoms with E-state index in [0.717, 1.165) is 18.2 Å². The van der Waals surface area contributed by atoms with Crippen LogP contribution < -0.4 is 0 Å². The molecule has 1 aromatic rings. The van der Waals surface area contributed by atoms with Gasteiger partial charge < -0.3 is 4.74 Å². The number of carbonyl (C=O) groups is 2. The van der Waals surface area contributed by atoms with Gasteiger partial charge in [-0.1, -0.05) is 0 Å². The predicted octanol–water partition coefficient (Wildman–Crippen LogP) is 2.06. The second-order valence-electron chi connectivity index (χ2n) is 5.12. The van der Waals surface area contributed by atoms with Gasteiger partial charge in [0.25, 0.3) is 11.4 Å². The second kappa shape index (κ2) is 6.11. The first-order chi connectivity index (χ1) is 10.8. The highest BCUT2D eigenvalue weighted by molar-refractivity contribution is 6.11. The fourth-order valence-corrected chi connectivity index (χ4v) is 2.88. The Hall–Kier alpha value is -2.84. The van der Waals surface area contributed by atoms with E-state index in [2.05, 4.69) is 0 Å². The molecule has 0 radical (unpaired) electrons. The third kappa shape index (κ3) is 2.65. The summed E-state index contributed by atoms with van der Waals surface area (Å²) in [6.07, 6.45) is 0.585. The summed E-state index contributed by atoms with van der Waals surface area (Å²) in [6, 6.07) is 2.92. The number of nitro groups is 2. The van der Waals surface area contributed by atoms with Gasteiger partial charge in [-0.15, -0.1) is 0 Å². The molecule has 0 saturated heterocycles. The van der Waals surface area contributed by atoms with Gasteiger partial charge in [0.15, 0.2) is 11.2 Å². The summed E-state index contributed by atoms with van der Waals surface area (Å²) in [6.45, 7) is 1.59. The number of rotatable bonds is 5. The normalized spacial score (nSPS) is 20.3. The van der Waals surface area contributed by atoms with Crippen LogP contribution in [-0.4, -0.2) is 28.2 Å². The van der Waals surface area contributed by atoms with Gasteiger partial charge in [0.1, 0.15) is 0 Å². The quantitative estimate of drug-likeness (QED) is 0.351. The molecular formula is C14H14N2O7. The predicted molar refractivity (Wildman–Crippen MR) is 76.9 cm³/mol. The molecular weight excluding hydrogens is 308 g/mol. The van der Waals surface area contributed by atoms with Crippen LogP contribution in [0.15, 0.2) is 18.2 Å². The number of hydrogen-bond acceptors (Lipinski definition) is 7. The molecule has 1 atom stereocenters. The highest BCUT2D eigenvalue weighted by Gasteiger charge is 2.54. The Kier molecular flexibility index (Phi) is 4.39. The molecule has 1 aliphatic carbocycles. The molecule has 122 valence electrons. The summed E-state index contributed by atoms with van der Waals surface area (Å²) in [5, 5.41) is 22.1. The number of nitro benzene ring substituents is 2. The molecule has 1 aliphatic rings. The maximum absolute atomic E-state index is 12.4. The zero-order valence-corrected chi connectivity index (χ0v) is 12.3. The molecule has 9 heteroatoms. The average molecular weight is 322 g/mol. The zero-order valence-electron chi connectivity index (χ0n) is 12.3. The lowest BCUT2D eigenvalue weighted by atomic mass is 9.77. The molecule has 1 fully saturated rings. The summed E-state index contributed by atoms with van der Waals surface area (Å²) in [7, 11) is 0. The van der Waals surface area contributed by atoms with E-state index < -0.39 is 38.4 Å². The minimum absolute atomic E-state index is 0.0225. The minimum atomic E-state index is -1.76. The van der Waals surface area contributed by atoms with Crippen molar-refractivity contribution in [3.63, 3.8) is 0 Å². The number of hydrogen-bond donors (Lipinski definition) is 0. The summed E-state index contributed by atoms with van der Waals surface area (Å²) in [4.78, 5) is 45.2. The maximum Gasteiger partial charge on any atom is 0.324 e. The van der Waals surface area contributed by atoms with Gasteiger partial charge in [0.2, 0.25) is 0 Å². The van der Waals surface area contributed by atoms with Crippen LogP contribution in [0, 0.1) is 20.2 Å². The number of esters is 1. The van der Waals surface area contributed by atoms with Crippen LogP contribution in [-0.2, 0) is 19.7 Å². The minimum Gasteiger partial charge on any atom is -0.465 e. The Bertz CT molecular complexity index is 700. The van der Waals surface area contributed by atoms with Gasteiger partial charge in [0.05, 0.1) is 28.1 Å². The fraction of sp³-hybridized carbons (Fsp3) is 0.429. The van der Waals surface area contributed by atoms with Crippen molar-refractivity contribution in [2.45, 2.75) is 31.6 Å². The van der Waals surface area contributed by atoms with E-state index in [9.17, 15) is 29.8 Å². The average Bonchev–Trinajstić information content (AvgIpc) is 2.89. The van der Waals surface area contributed by atoms with Crippen LogP contribution in [0.4, 0.5) is 11.4 Å². The summed E-state index contributed by atoms with van der Waals surface area (Å²) < 4.78 is 4.95. The Morgan fingerprint density at radius 2 is 2.00 bits per heavy atom. The van der Waals surface area contributed by atoms with E-state index in [0.29, 0.717) is 6.42 Å².